The molecule has 0 aliphatic heterocycles. The first kappa shape index (κ1) is 14.0. The van der Waals surface area contributed by atoms with Crippen LogP contribution in [0.25, 0.3) is 0 Å². The number of rotatable bonds is 5. The summed E-state index contributed by atoms with van der Waals surface area (Å²) in [6, 6.07) is 0.290. The second kappa shape index (κ2) is 5.66. The molecule has 0 saturated heterocycles. The predicted molar refractivity (Wildman–Crippen MR) is 73.7 cm³/mol. The van der Waals surface area contributed by atoms with Crippen molar-refractivity contribution in [2.75, 3.05) is 7.05 Å². The quantitative estimate of drug-likeness (QED) is 0.889. The van der Waals surface area contributed by atoms with Gasteiger partial charge in [-0.15, -0.1) is 0 Å². The zero-order valence-electron chi connectivity index (χ0n) is 11.6. The molecule has 0 aliphatic carbocycles. The molecule has 2 heterocycles. The van der Waals surface area contributed by atoms with Gasteiger partial charge in [0.2, 0.25) is 5.89 Å². The Morgan fingerprint density at radius 1 is 1.47 bits per heavy atom. The Hall–Kier alpha value is -1.47. The highest BCUT2D eigenvalue weighted by molar-refractivity contribution is 7.09. The van der Waals surface area contributed by atoms with E-state index in [-0.39, 0.29) is 4.87 Å². The molecule has 19 heavy (non-hydrogen) atoms. The smallest absolute Gasteiger partial charge is 0.308 e. The summed E-state index contributed by atoms with van der Waals surface area (Å²) in [7, 11) is 1.89. The largest absolute Gasteiger partial charge is 0.337 e. The van der Waals surface area contributed by atoms with Crippen molar-refractivity contribution in [3.63, 3.8) is 0 Å². The lowest BCUT2D eigenvalue weighted by Gasteiger charge is -2.04. The topological polar surface area (TPSA) is 73.0 Å². The number of hydrogen-bond donors (Lipinski definition) is 1. The van der Waals surface area contributed by atoms with E-state index in [0.29, 0.717) is 30.7 Å². The molecule has 0 spiro atoms. The molecular weight excluding hydrogens is 264 g/mol. The van der Waals surface area contributed by atoms with E-state index in [4.69, 9.17) is 4.52 Å². The minimum Gasteiger partial charge on any atom is -0.337 e. The van der Waals surface area contributed by atoms with Crippen molar-refractivity contribution in [3.05, 3.63) is 32.0 Å². The highest BCUT2D eigenvalue weighted by Crippen LogP contribution is 2.11. The Morgan fingerprint density at radius 2 is 2.21 bits per heavy atom. The molecule has 6 nitrogen and oxygen atoms in total. The van der Waals surface area contributed by atoms with Crippen LogP contribution in [0.15, 0.2) is 9.32 Å². The molecule has 104 valence electrons. The lowest BCUT2D eigenvalue weighted by atomic mass is 10.2. The van der Waals surface area contributed by atoms with Gasteiger partial charge in [0.15, 0.2) is 5.82 Å². The van der Waals surface area contributed by atoms with E-state index in [0.717, 1.165) is 10.6 Å². The molecule has 1 atom stereocenters. The molecule has 2 aromatic heterocycles. The SMILES string of the molecule is CNC(C)Cc1noc(Cn2c(C)c(C)sc2=O)n1. The third-order valence-electron chi connectivity index (χ3n) is 3.16. The summed E-state index contributed by atoms with van der Waals surface area (Å²) in [5.74, 6) is 1.14. The Morgan fingerprint density at radius 3 is 2.79 bits per heavy atom. The summed E-state index contributed by atoms with van der Waals surface area (Å²) in [6.45, 7) is 6.25. The molecule has 0 bridgehead atoms. The van der Waals surface area contributed by atoms with Gasteiger partial charge < -0.3 is 9.84 Å². The first-order chi connectivity index (χ1) is 9.01. The number of aromatic nitrogens is 3. The molecule has 0 saturated carbocycles. The molecule has 0 radical (unpaired) electrons. The standard InChI is InChI=1S/C12H18N4O2S/c1-7(13-4)5-10-14-11(18-15-10)6-16-8(2)9(3)19-12(16)17/h7,13H,5-6H2,1-4H3. The predicted octanol–water partition coefficient (Wildman–Crippen LogP) is 1.11. The summed E-state index contributed by atoms with van der Waals surface area (Å²) in [5.41, 5.74) is 0.957. The normalized spacial score (nSPS) is 12.8. The van der Waals surface area contributed by atoms with Gasteiger partial charge in [0, 0.05) is 23.0 Å². The number of nitrogens with one attached hydrogen (secondary N) is 1. The van der Waals surface area contributed by atoms with Crippen LogP contribution in [0.3, 0.4) is 0 Å². The van der Waals surface area contributed by atoms with Gasteiger partial charge in [-0.25, -0.2) is 0 Å². The van der Waals surface area contributed by atoms with Crippen LogP contribution in [-0.2, 0) is 13.0 Å². The average Bonchev–Trinajstić information content (AvgIpc) is 2.90. The highest BCUT2D eigenvalue weighted by Gasteiger charge is 2.13. The minimum absolute atomic E-state index is 0.0124. The summed E-state index contributed by atoms with van der Waals surface area (Å²) >= 11 is 1.24. The Balaban J connectivity index is 2.14. The van der Waals surface area contributed by atoms with Gasteiger partial charge in [0.25, 0.3) is 0 Å². The van der Waals surface area contributed by atoms with E-state index in [1.807, 2.05) is 27.8 Å². The Kier molecular flexibility index (Phi) is 4.16. The molecule has 0 aromatic carbocycles. The minimum atomic E-state index is 0.0124. The van der Waals surface area contributed by atoms with Crippen LogP contribution in [0.2, 0.25) is 0 Å². The molecule has 1 N–H and O–H groups in total. The zero-order chi connectivity index (χ0) is 14.0. The van der Waals surface area contributed by atoms with Crippen LogP contribution in [0, 0.1) is 13.8 Å². The Bertz CT molecular complexity index is 614. The van der Waals surface area contributed by atoms with Gasteiger partial charge in [-0.3, -0.25) is 9.36 Å². The number of thiazole rings is 1. The van der Waals surface area contributed by atoms with E-state index in [1.165, 1.54) is 11.3 Å². The van der Waals surface area contributed by atoms with Gasteiger partial charge in [0.1, 0.15) is 6.54 Å². The van der Waals surface area contributed by atoms with Crippen LogP contribution in [0.4, 0.5) is 0 Å². The van der Waals surface area contributed by atoms with E-state index in [9.17, 15) is 4.79 Å². The van der Waals surface area contributed by atoms with Crippen LogP contribution < -0.4 is 10.2 Å². The van der Waals surface area contributed by atoms with Crippen LogP contribution >= 0.6 is 11.3 Å². The second-order valence-electron chi connectivity index (χ2n) is 4.59. The number of likely N-dealkylation sites (N-methyl/N-ethyl adjacent to an activating group) is 1. The van der Waals surface area contributed by atoms with Crippen molar-refractivity contribution in [2.45, 2.75) is 39.8 Å². The molecule has 2 rings (SSSR count). The van der Waals surface area contributed by atoms with Crippen molar-refractivity contribution in [1.29, 1.82) is 0 Å². The van der Waals surface area contributed by atoms with Crippen molar-refractivity contribution < 1.29 is 4.52 Å². The lowest BCUT2D eigenvalue weighted by molar-refractivity contribution is 0.363. The maximum Gasteiger partial charge on any atom is 0.308 e. The van der Waals surface area contributed by atoms with E-state index >= 15 is 0 Å². The van der Waals surface area contributed by atoms with Crippen LogP contribution in [0.5, 0.6) is 0 Å². The molecular formula is C12H18N4O2S. The van der Waals surface area contributed by atoms with Crippen molar-refractivity contribution in [1.82, 2.24) is 20.0 Å². The summed E-state index contributed by atoms with van der Waals surface area (Å²) in [4.78, 5) is 17.1. The second-order valence-corrected chi connectivity index (χ2v) is 5.76. The first-order valence-electron chi connectivity index (χ1n) is 6.16. The molecule has 0 amide bonds. The molecule has 1 unspecified atom stereocenters. The van der Waals surface area contributed by atoms with Gasteiger partial charge in [-0.1, -0.05) is 16.5 Å². The third kappa shape index (κ3) is 3.10. The average molecular weight is 282 g/mol. The van der Waals surface area contributed by atoms with Gasteiger partial charge >= 0.3 is 4.87 Å². The van der Waals surface area contributed by atoms with Gasteiger partial charge in [-0.2, -0.15) is 4.98 Å². The maximum absolute atomic E-state index is 11.8. The summed E-state index contributed by atoms with van der Waals surface area (Å²) in [5, 5.41) is 7.05. The van der Waals surface area contributed by atoms with Crippen LogP contribution in [0.1, 0.15) is 29.2 Å². The van der Waals surface area contributed by atoms with Crippen LogP contribution in [-0.4, -0.2) is 27.8 Å². The fraction of sp³-hybridized carbons (Fsp3) is 0.583. The van der Waals surface area contributed by atoms with Gasteiger partial charge in [0.05, 0.1) is 0 Å². The number of nitrogens with zero attached hydrogens (tertiary/aromatic N) is 3. The fourth-order valence-electron chi connectivity index (χ4n) is 1.72. The lowest BCUT2D eigenvalue weighted by Crippen LogP contribution is -2.24. The Labute approximate surface area is 115 Å². The molecule has 2 aromatic rings. The summed E-state index contributed by atoms with van der Waals surface area (Å²) in [6.07, 6.45) is 0.705. The molecule has 0 fully saturated rings. The number of hydrogen-bond acceptors (Lipinski definition) is 6. The zero-order valence-corrected chi connectivity index (χ0v) is 12.4. The third-order valence-corrected chi connectivity index (χ3v) is 4.16. The molecule has 7 heteroatoms. The first-order valence-corrected chi connectivity index (χ1v) is 6.98. The van der Waals surface area contributed by atoms with E-state index < -0.39 is 0 Å². The van der Waals surface area contributed by atoms with Crippen molar-refractivity contribution in [2.24, 2.45) is 0 Å². The maximum atomic E-state index is 11.8. The van der Waals surface area contributed by atoms with Crippen molar-refractivity contribution in [3.8, 4) is 0 Å². The van der Waals surface area contributed by atoms with E-state index in [1.54, 1.807) is 4.57 Å². The summed E-state index contributed by atoms with van der Waals surface area (Å²) < 4.78 is 6.85. The molecule has 0 aliphatic rings. The number of aryl methyl sites for hydroxylation is 1. The monoisotopic (exact) mass is 282 g/mol. The van der Waals surface area contributed by atoms with Crippen molar-refractivity contribution >= 4 is 11.3 Å². The fourth-order valence-corrected chi connectivity index (χ4v) is 2.55. The highest BCUT2D eigenvalue weighted by atomic mass is 32.1. The van der Waals surface area contributed by atoms with E-state index in [2.05, 4.69) is 15.5 Å². The van der Waals surface area contributed by atoms with Gasteiger partial charge in [-0.05, 0) is 27.8 Å².